The summed E-state index contributed by atoms with van der Waals surface area (Å²) in [6, 6.07) is 0. The quantitative estimate of drug-likeness (QED) is 0.571. The molecule has 0 aromatic carbocycles. The van der Waals surface area contributed by atoms with Crippen LogP contribution in [-0.2, 0) is 6.54 Å². The van der Waals surface area contributed by atoms with Gasteiger partial charge in [0.2, 0.25) is 0 Å². The van der Waals surface area contributed by atoms with Crippen LogP contribution in [0.15, 0.2) is 12.4 Å². The number of nitrogens with zero attached hydrogens (tertiary/aromatic N) is 4. The highest BCUT2D eigenvalue weighted by Gasteiger charge is 1.97. The molecule has 0 aliphatic rings. The highest BCUT2D eigenvalue weighted by molar-refractivity contribution is 5.19. The Labute approximate surface area is 67.6 Å². The molecule has 0 amide bonds. The van der Waals surface area contributed by atoms with Gasteiger partial charge in [-0.1, -0.05) is 5.10 Å². The van der Waals surface area contributed by atoms with Crippen molar-refractivity contribution in [3.05, 3.63) is 18.2 Å². The number of hydrogen-bond acceptors (Lipinski definition) is 5. The van der Waals surface area contributed by atoms with Crippen LogP contribution in [0, 0.1) is 0 Å². The lowest BCUT2D eigenvalue weighted by Gasteiger charge is -1.95. The van der Waals surface area contributed by atoms with E-state index in [9.17, 15) is 0 Å². The Hall–Kier alpha value is -1.92. The molecule has 7 nitrogen and oxygen atoms in total. The number of hydrogen-bond donors (Lipinski definition) is 3. The van der Waals surface area contributed by atoms with E-state index in [-0.39, 0.29) is 0 Å². The Morgan fingerprint density at radius 3 is 3.17 bits per heavy atom. The molecule has 0 bridgehead atoms. The number of imidazole rings is 1. The van der Waals surface area contributed by atoms with Crippen molar-refractivity contribution in [2.75, 3.05) is 5.32 Å². The zero-order valence-electron chi connectivity index (χ0n) is 6.15. The monoisotopic (exact) mass is 165 g/mol. The number of rotatable bonds is 3. The Bertz CT molecular complexity index is 275. The van der Waals surface area contributed by atoms with E-state index in [1.165, 1.54) is 0 Å². The Balaban J connectivity index is 1.91. The number of aromatic nitrogens is 6. The molecule has 0 saturated heterocycles. The minimum absolute atomic E-state index is 0.464. The van der Waals surface area contributed by atoms with Crippen LogP contribution in [0.2, 0.25) is 0 Å². The number of tetrazole rings is 1. The fourth-order valence-electron chi connectivity index (χ4n) is 0.794. The minimum atomic E-state index is 0.464. The molecule has 0 aliphatic heterocycles. The lowest BCUT2D eigenvalue weighted by molar-refractivity contribution is 0.881. The smallest absolute Gasteiger partial charge is 0.263 e. The van der Waals surface area contributed by atoms with Crippen LogP contribution in [0.5, 0.6) is 0 Å². The first-order valence-corrected chi connectivity index (χ1v) is 3.41. The topological polar surface area (TPSA) is 95.2 Å². The maximum Gasteiger partial charge on any atom is 0.263 e. The third kappa shape index (κ3) is 1.39. The third-order valence-electron chi connectivity index (χ3n) is 1.31. The van der Waals surface area contributed by atoms with Crippen molar-refractivity contribution in [3.63, 3.8) is 0 Å². The summed E-state index contributed by atoms with van der Waals surface area (Å²) in [6.45, 7) is 0.562. The fraction of sp³-hybridized carbons (Fsp3) is 0.200. The average molecular weight is 165 g/mol. The maximum absolute atomic E-state index is 4.01. The molecule has 0 atom stereocenters. The van der Waals surface area contributed by atoms with Gasteiger partial charge in [-0.05, 0) is 5.21 Å². The fourth-order valence-corrected chi connectivity index (χ4v) is 0.794. The second-order valence-corrected chi connectivity index (χ2v) is 2.12. The zero-order valence-corrected chi connectivity index (χ0v) is 6.15. The van der Waals surface area contributed by atoms with Crippen molar-refractivity contribution in [2.45, 2.75) is 6.54 Å². The predicted octanol–water partition coefficient (Wildman–Crippen LogP) is -0.465. The summed E-state index contributed by atoms with van der Waals surface area (Å²) >= 11 is 0. The second-order valence-electron chi connectivity index (χ2n) is 2.12. The molecule has 2 heterocycles. The van der Waals surface area contributed by atoms with E-state index in [1.54, 1.807) is 12.4 Å². The molecule has 0 radical (unpaired) electrons. The summed E-state index contributed by atoms with van der Waals surface area (Å²) in [5, 5.41) is 16.1. The average Bonchev–Trinajstić information content (AvgIpc) is 2.74. The van der Waals surface area contributed by atoms with Gasteiger partial charge in [0.05, 0.1) is 6.54 Å². The lowest BCUT2D eigenvalue weighted by Crippen LogP contribution is -2.02. The molecule has 0 unspecified atom stereocenters. The van der Waals surface area contributed by atoms with Crippen molar-refractivity contribution in [2.24, 2.45) is 0 Å². The molecule has 2 rings (SSSR count). The van der Waals surface area contributed by atoms with Crippen LogP contribution in [0.3, 0.4) is 0 Å². The Morgan fingerprint density at radius 2 is 2.50 bits per heavy atom. The highest BCUT2D eigenvalue weighted by atomic mass is 15.5. The summed E-state index contributed by atoms with van der Waals surface area (Å²) in [4.78, 5) is 6.95. The van der Waals surface area contributed by atoms with Crippen molar-refractivity contribution in [1.82, 2.24) is 30.6 Å². The van der Waals surface area contributed by atoms with Gasteiger partial charge in [0.1, 0.15) is 5.82 Å². The summed E-state index contributed by atoms with van der Waals surface area (Å²) in [6.07, 6.45) is 3.44. The van der Waals surface area contributed by atoms with Gasteiger partial charge in [0.25, 0.3) is 5.95 Å². The number of anilines is 1. The van der Waals surface area contributed by atoms with Gasteiger partial charge in [-0.15, -0.1) is 5.10 Å². The van der Waals surface area contributed by atoms with Gasteiger partial charge in [0, 0.05) is 12.4 Å². The number of H-pyrrole nitrogens is 2. The first kappa shape index (κ1) is 6.77. The van der Waals surface area contributed by atoms with Crippen molar-refractivity contribution < 1.29 is 0 Å². The standard InChI is InChI=1S/C5H7N7/c1-2-7-4(6-1)3-8-5-9-11-12-10-5/h1-2H,3H2,(H,6,7)(H2,8,9,10,11,12). The minimum Gasteiger partial charge on any atom is -0.347 e. The molecule has 7 heteroatoms. The summed E-state index contributed by atoms with van der Waals surface area (Å²) in [7, 11) is 0. The molecule has 0 fully saturated rings. The maximum atomic E-state index is 4.01. The molecule has 62 valence electrons. The van der Waals surface area contributed by atoms with E-state index in [1.807, 2.05) is 0 Å². The number of aromatic amines is 2. The first-order valence-electron chi connectivity index (χ1n) is 3.41. The van der Waals surface area contributed by atoms with Crippen molar-refractivity contribution in [3.8, 4) is 0 Å². The lowest BCUT2D eigenvalue weighted by atomic mass is 10.6. The molecule has 0 saturated carbocycles. The molecular formula is C5H7N7. The van der Waals surface area contributed by atoms with E-state index >= 15 is 0 Å². The zero-order chi connectivity index (χ0) is 8.23. The normalized spacial score (nSPS) is 10.0. The van der Waals surface area contributed by atoms with Gasteiger partial charge in [-0.3, -0.25) is 0 Å². The van der Waals surface area contributed by atoms with Gasteiger partial charge in [-0.2, -0.15) is 5.21 Å². The van der Waals surface area contributed by atoms with E-state index in [4.69, 9.17) is 0 Å². The van der Waals surface area contributed by atoms with E-state index in [0.717, 1.165) is 5.82 Å². The highest BCUT2D eigenvalue weighted by Crippen LogP contribution is 1.94. The summed E-state index contributed by atoms with van der Waals surface area (Å²) < 4.78 is 0. The van der Waals surface area contributed by atoms with Crippen molar-refractivity contribution in [1.29, 1.82) is 0 Å². The van der Waals surface area contributed by atoms with Gasteiger partial charge in [0.15, 0.2) is 0 Å². The number of nitrogens with one attached hydrogen (secondary N) is 3. The Morgan fingerprint density at radius 1 is 1.50 bits per heavy atom. The first-order chi connectivity index (χ1) is 5.95. The van der Waals surface area contributed by atoms with Gasteiger partial charge >= 0.3 is 0 Å². The molecule has 3 N–H and O–H groups in total. The van der Waals surface area contributed by atoms with Crippen LogP contribution in [0.25, 0.3) is 0 Å². The summed E-state index contributed by atoms with van der Waals surface area (Å²) in [5.41, 5.74) is 0. The van der Waals surface area contributed by atoms with E-state index in [0.29, 0.717) is 12.5 Å². The van der Waals surface area contributed by atoms with Crippen LogP contribution in [0.4, 0.5) is 5.95 Å². The summed E-state index contributed by atoms with van der Waals surface area (Å²) in [5.74, 6) is 1.30. The van der Waals surface area contributed by atoms with Crippen LogP contribution >= 0.6 is 0 Å². The Kier molecular flexibility index (Phi) is 1.69. The third-order valence-corrected chi connectivity index (χ3v) is 1.31. The van der Waals surface area contributed by atoms with E-state index in [2.05, 4.69) is 35.9 Å². The van der Waals surface area contributed by atoms with Crippen molar-refractivity contribution >= 4 is 5.95 Å². The molecule has 2 aromatic rings. The van der Waals surface area contributed by atoms with Crippen LogP contribution in [0.1, 0.15) is 5.82 Å². The predicted molar refractivity (Wildman–Crippen MR) is 40.1 cm³/mol. The van der Waals surface area contributed by atoms with E-state index < -0.39 is 0 Å². The molecule has 12 heavy (non-hydrogen) atoms. The van der Waals surface area contributed by atoms with Crippen LogP contribution < -0.4 is 5.32 Å². The molecule has 0 aliphatic carbocycles. The van der Waals surface area contributed by atoms with Gasteiger partial charge in [-0.25, -0.2) is 4.98 Å². The SMILES string of the molecule is c1c[nH]c(CNc2nn[nH]n2)n1. The molecular weight excluding hydrogens is 158 g/mol. The van der Waals surface area contributed by atoms with Crippen LogP contribution in [-0.4, -0.2) is 30.6 Å². The molecule has 0 spiro atoms. The largest absolute Gasteiger partial charge is 0.347 e. The molecule has 2 aromatic heterocycles. The van der Waals surface area contributed by atoms with Gasteiger partial charge < -0.3 is 10.3 Å². The second kappa shape index (κ2) is 2.99.